The molecule has 3 aliphatic carbocycles. The van der Waals surface area contributed by atoms with Gasteiger partial charge in [-0.25, -0.2) is 0 Å². The third-order valence-electron chi connectivity index (χ3n) is 14.5. The van der Waals surface area contributed by atoms with Crippen LogP contribution in [0.5, 0.6) is 0 Å². The standard InChI is InChI=1S/C62H43N/c1-61(2)53-26-11-9-22-48(53)50-36-34-45(38-57(50)61)63(44-32-30-41(31-33-44)40-16-5-3-6-17-40)46-35-37-52-58(39-46)62(56-29-15-24-47(60(52)56)42-18-7-4-8-19-42)54-27-12-10-23-49(54)51-25-13-20-43-21-14-28-55(62)59(43)51/h3-39H,1-2H3. The molecule has 296 valence electrons. The molecular weight excluding hydrogens is 759 g/mol. The Hall–Kier alpha value is -7.74. The molecular formula is C62H43N. The summed E-state index contributed by atoms with van der Waals surface area (Å²) in [7, 11) is 0. The van der Waals surface area contributed by atoms with Crippen LogP contribution < -0.4 is 4.90 Å². The second kappa shape index (κ2) is 13.4. The molecule has 1 heteroatoms. The maximum Gasteiger partial charge on any atom is 0.0726 e. The van der Waals surface area contributed by atoms with Crippen LogP contribution in [0.1, 0.15) is 47.2 Å². The summed E-state index contributed by atoms with van der Waals surface area (Å²) in [5.41, 5.74) is 23.5. The van der Waals surface area contributed by atoms with Crippen LogP contribution >= 0.6 is 0 Å². The number of nitrogens with zero attached hydrogens (tertiary/aromatic N) is 1. The molecule has 0 amide bonds. The quantitative estimate of drug-likeness (QED) is 0.168. The van der Waals surface area contributed by atoms with Crippen LogP contribution in [0, 0.1) is 0 Å². The van der Waals surface area contributed by atoms with Gasteiger partial charge in [0.15, 0.2) is 0 Å². The summed E-state index contributed by atoms with van der Waals surface area (Å²) in [4.78, 5) is 2.49. The van der Waals surface area contributed by atoms with Crippen molar-refractivity contribution in [2.24, 2.45) is 0 Å². The minimum absolute atomic E-state index is 0.139. The predicted molar refractivity (Wildman–Crippen MR) is 263 cm³/mol. The first-order valence-corrected chi connectivity index (χ1v) is 22.2. The Balaban J connectivity index is 1.10. The first kappa shape index (κ1) is 36.0. The van der Waals surface area contributed by atoms with Crippen molar-refractivity contribution in [2.75, 3.05) is 4.90 Å². The summed E-state index contributed by atoms with van der Waals surface area (Å²) in [5, 5.41) is 2.60. The van der Waals surface area contributed by atoms with Gasteiger partial charge in [0.1, 0.15) is 0 Å². The highest BCUT2D eigenvalue weighted by atomic mass is 15.1. The molecule has 0 bridgehead atoms. The van der Waals surface area contributed by atoms with Crippen LogP contribution in [-0.2, 0) is 10.8 Å². The Kier molecular flexibility index (Phi) is 7.64. The normalized spacial score (nSPS) is 15.7. The Morgan fingerprint density at radius 1 is 0.302 bits per heavy atom. The summed E-state index contributed by atoms with van der Waals surface area (Å²) in [6, 6.07) is 84.2. The topological polar surface area (TPSA) is 3.24 Å². The Morgan fingerprint density at radius 3 is 1.54 bits per heavy atom. The molecule has 0 aliphatic heterocycles. The summed E-state index contributed by atoms with van der Waals surface area (Å²) in [5.74, 6) is 0. The van der Waals surface area contributed by atoms with Gasteiger partial charge in [0.25, 0.3) is 0 Å². The van der Waals surface area contributed by atoms with E-state index in [1.807, 2.05) is 0 Å². The van der Waals surface area contributed by atoms with Crippen LogP contribution in [0.4, 0.5) is 17.1 Å². The van der Waals surface area contributed by atoms with Crippen molar-refractivity contribution in [3.05, 3.63) is 258 Å². The minimum Gasteiger partial charge on any atom is -0.310 e. The molecule has 1 unspecified atom stereocenters. The van der Waals surface area contributed by atoms with Crippen LogP contribution in [0.3, 0.4) is 0 Å². The molecule has 0 heterocycles. The molecule has 1 spiro atoms. The first-order valence-electron chi connectivity index (χ1n) is 22.2. The molecule has 0 saturated heterocycles. The zero-order valence-electron chi connectivity index (χ0n) is 35.3. The fourth-order valence-corrected chi connectivity index (χ4v) is 11.7. The average Bonchev–Trinajstić information content (AvgIpc) is 3.76. The van der Waals surface area contributed by atoms with Crippen molar-refractivity contribution in [1.82, 2.24) is 0 Å². The Labute approximate surface area is 369 Å². The van der Waals surface area contributed by atoms with E-state index in [2.05, 4.69) is 243 Å². The molecule has 0 aromatic heterocycles. The van der Waals surface area contributed by atoms with E-state index in [9.17, 15) is 0 Å². The molecule has 1 atom stereocenters. The van der Waals surface area contributed by atoms with Crippen molar-refractivity contribution < 1.29 is 0 Å². The van der Waals surface area contributed by atoms with E-state index in [4.69, 9.17) is 0 Å². The maximum atomic E-state index is 2.53. The first-order chi connectivity index (χ1) is 31.0. The van der Waals surface area contributed by atoms with Crippen molar-refractivity contribution in [2.45, 2.75) is 24.7 Å². The van der Waals surface area contributed by atoms with E-state index >= 15 is 0 Å². The summed E-state index contributed by atoms with van der Waals surface area (Å²) < 4.78 is 0. The maximum absolute atomic E-state index is 2.53. The Bertz CT molecular complexity index is 3460. The van der Waals surface area contributed by atoms with Gasteiger partial charge in [-0.05, 0) is 136 Å². The predicted octanol–water partition coefficient (Wildman–Crippen LogP) is 16.3. The van der Waals surface area contributed by atoms with E-state index in [-0.39, 0.29) is 5.41 Å². The highest BCUT2D eigenvalue weighted by Gasteiger charge is 2.51. The van der Waals surface area contributed by atoms with Crippen LogP contribution in [-0.4, -0.2) is 0 Å². The molecule has 0 radical (unpaired) electrons. The fourth-order valence-electron chi connectivity index (χ4n) is 11.7. The number of hydrogen-bond donors (Lipinski definition) is 0. The van der Waals surface area contributed by atoms with Gasteiger partial charge >= 0.3 is 0 Å². The van der Waals surface area contributed by atoms with Crippen molar-refractivity contribution >= 4 is 27.8 Å². The van der Waals surface area contributed by atoms with Gasteiger partial charge < -0.3 is 4.90 Å². The number of fused-ring (bicyclic) bond motifs is 12. The van der Waals surface area contributed by atoms with Gasteiger partial charge in [0.2, 0.25) is 0 Å². The third-order valence-corrected chi connectivity index (χ3v) is 14.5. The lowest BCUT2D eigenvalue weighted by Gasteiger charge is -2.40. The second-order valence-electron chi connectivity index (χ2n) is 18.0. The second-order valence-corrected chi connectivity index (χ2v) is 18.0. The van der Waals surface area contributed by atoms with E-state index in [1.54, 1.807) is 0 Å². The zero-order valence-corrected chi connectivity index (χ0v) is 35.3. The lowest BCUT2D eigenvalue weighted by atomic mass is 9.61. The lowest BCUT2D eigenvalue weighted by Crippen LogP contribution is -2.32. The number of benzene rings is 10. The van der Waals surface area contributed by atoms with Gasteiger partial charge in [-0.1, -0.05) is 202 Å². The van der Waals surface area contributed by atoms with Gasteiger partial charge in [0.05, 0.1) is 5.41 Å². The van der Waals surface area contributed by atoms with Crippen molar-refractivity contribution in [3.8, 4) is 55.6 Å². The van der Waals surface area contributed by atoms with Gasteiger partial charge in [-0.3, -0.25) is 0 Å². The van der Waals surface area contributed by atoms with E-state index < -0.39 is 5.41 Å². The molecule has 0 fully saturated rings. The SMILES string of the molecule is CC1(C)c2ccccc2-c2ccc(N(c3ccc(-c4ccccc4)cc3)c3ccc4c(c3)C3(c5ccccc5-c5cccc6cccc3c56)c3cccc(-c5ccccc5)c3-4)cc21. The molecule has 0 saturated carbocycles. The monoisotopic (exact) mass is 801 g/mol. The summed E-state index contributed by atoms with van der Waals surface area (Å²) >= 11 is 0. The van der Waals surface area contributed by atoms with Gasteiger partial charge in [0, 0.05) is 22.5 Å². The number of hydrogen-bond acceptors (Lipinski definition) is 1. The Morgan fingerprint density at radius 2 is 0.794 bits per heavy atom. The highest BCUT2D eigenvalue weighted by molar-refractivity contribution is 6.08. The van der Waals surface area contributed by atoms with Gasteiger partial charge in [-0.15, -0.1) is 0 Å². The zero-order chi connectivity index (χ0) is 41.9. The average molecular weight is 802 g/mol. The van der Waals surface area contributed by atoms with Crippen LogP contribution in [0.2, 0.25) is 0 Å². The van der Waals surface area contributed by atoms with E-state index in [0.717, 1.165) is 17.1 Å². The van der Waals surface area contributed by atoms with Crippen LogP contribution in [0.15, 0.2) is 224 Å². The number of rotatable bonds is 5. The summed E-state index contributed by atoms with van der Waals surface area (Å²) in [6.45, 7) is 4.75. The highest BCUT2D eigenvalue weighted by Crippen LogP contribution is 2.64. The lowest BCUT2D eigenvalue weighted by molar-refractivity contribution is 0.660. The smallest absolute Gasteiger partial charge is 0.0726 e. The molecule has 3 aliphatic rings. The minimum atomic E-state index is -0.569. The molecule has 1 nitrogen and oxygen atoms in total. The largest absolute Gasteiger partial charge is 0.310 e. The molecule has 13 rings (SSSR count). The number of anilines is 3. The summed E-state index contributed by atoms with van der Waals surface area (Å²) in [6.07, 6.45) is 0. The van der Waals surface area contributed by atoms with Crippen molar-refractivity contribution in [1.29, 1.82) is 0 Å². The van der Waals surface area contributed by atoms with Crippen LogP contribution in [0.25, 0.3) is 66.4 Å². The third kappa shape index (κ3) is 4.99. The molecule has 10 aromatic rings. The molecule has 63 heavy (non-hydrogen) atoms. The molecule has 10 aromatic carbocycles. The van der Waals surface area contributed by atoms with Gasteiger partial charge in [-0.2, -0.15) is 0 Å². The van der Waals surface area contributed by atoms with E-state index in [0.29, 0.717) is 0 Å². The van der Waals surface area contributed by atoms with E-state index in [1.165, 1.54) is 99.8 Å². The van der Waals surface area contributed by atoms with Crippen molar-refractivity contribution in [3.63, 3.8) is 0 Å². The fraction of sp³-hybridized carbons (Fsp3) is 0.0645. The molecule has 0 N–H and O–H groups in total.